The molecule has 1 atom stereocenters. The maximum absolute atomic E-state index is 12.2. The van der Waals surface area contributed by atoms with Gasteiger partial charge in [0.25, 0.3) is 0 Å². The minimum Gasteiger partial charge on any atom is -0.492 e. The maximum Gasteiger partial charge on any atom is 0.229 e. The molecular formula is C15H19N3O3. The number of fused-ring (bicyclic) bond motifs is 1. The molecule has 1 saturated heterocycles. The lowest BCUT2D eigenvalue weighted by Gasteiger charge is -2.21. The Labute approximate surface area is 123 Å². The summed E-state index contributed by atoms with van der Waals surface area (Å²) in [6.45, 7) is 2.62. The molecule has 6 nitrogen and oxygen atoms in total. The second kappa shape index (κ2) is 6.13. The van der Waals surface area contributed by atoms with Gasteiger partial charge in [-0.1, -0.05) is 0 Å². The number of amides is 2. The average molecular weight is 289 g/mol. The van der Waals surface area contributed by atoms with Crippen LogP contribution < -0.4 is 20.7 Å². The zero-order chi connectivity index (χ0) is 14.7. The third kappa shape index (κ3) is 3.33. The van der Waals surface area contributed by atoms with Gasteiger partial charge in [0.1, 0.15) is 12.4 Å². The SMILES string of the molecule is O=C1CCC(C(=O)Nc2ccc3c(c2)CNCCO3)CN1. The molecule has 2 amide bonds. The number of piperidine rings is 1. The fourth-order valence-electron chi connectivity index (χ4n) is 2.59. The first-order valence-electron chi connectivity index (χ1n) is 7.26. The fourth-order valence-corrected chi connectivity index (χ4v) is 2.59. The molecule has 6 heteroatoms. The Kier molecular flexibility index (Phi) is 4.06. The summed E-state index contributed by atoms with van der Waals surface area (Å²) in [5.41, 5.74) is 1.81. The van der Waals surface area contributed by atoms with E-state index in [0.29, 0.717) is 26.0 Å². The highest BCUT2D eigenvalue weighted by Crippen LogP contribution is 2.24. The number of rotatable bonds is 2. The first-order valence-corrected chi connectivity index (χ1v) is 7.26. The van der Waals surface area contributed by atoms with Crippen LogP contribution in [0.3, 0.4) is 0 Å². The van der Waals surface area contributed by atoms with Gasteiger partial charge in [-0.15, -0.1) is 0 Å². The lowest BCUT2D eigenvalue weighted by molar-refractivity contribution is -0.126. The van der Waals surface area contributed by atoms with E-state index >= 15 is 0 Å². The standard InChI is InChI=1S/C15H19N3O3/c19-14-4-1-10(9-17-14)15(20)18-12-2-3-13-11(7-12)8-16-5-6-21-13/h2-3,7,10,16H,1,4-6,8-9H2,(H,17,19)(H,18,20). The molecule has 0 spiro atoms. The number of hydrogen-bond donors (Lipinski definition) is 3. The number of anilines is 1. The van der Waals surface area contributed by atoms with Crippen molar-refractivity contribution in [1.29, 1.82) is 0 Å². The summed E-state index contributed by atoms with van der Waals surface area (Å²) in [7, 11) is 0. The van der Waals surface area contributed by atoms with Gasteiger partial charge in [0.2, 0.25) is 11.8 Å². The summed E-state index contributed by atoms with van der Waals surface area (Å²) >= 11 is 0. The molecule has 2 aliphatic heterocycles. The predicted molar refractivity (Wildman–Crippen MR) is 78.0 cm³/mol. The van der Waals surface area contributed by atoms with Gasteiger partial charge in [-0.05, 0) is 24.6 Å². The molecule has 112 valence electrons. The van der Waals surface area contributed by atoms with E-state index in [2.05, 4.69) is 16.0 Å². The van der Waals surface area contributed by atoms with Gasteiger partial charge in [-0.2, -0.15) is 0 Å². The van der Waals surface area contributed by atoms with Crippen LogP contribution >= 0.6 is 0 Å². The number of hydrogen-bond acceptors (Lipinski definition) is 4. The van der Waals surface area contributed by atoms with Crippen LogP contribution in [0.2, 0.25) is 0 Å². The van der Waals surface area contributed by atoms with Gasteiger partial charge in [0, 0.05) is 37.3 Å². The van der Waals surface area contributed by atoms with Gasteiger partial charge in [0.15, 0.2) is 0 Å². The molecule has 1 aromatic carbocycles. The van der Waals surface area contributed by atoms with Crippen molar-refractivity contribution in [2.45, 2.75) is 19.4 Å². The van der Waals surface area contributed by atoms with Crippen molar-refractivity contribution >= 4 is 17.5 Å². The summed E-state index contributed by atoms with van der Waals surface area (Å²) in [6, 6.07) is 5.68. The molecule has 3 N–H and O–H groups in total. The topological polar surface area (TPSA) is 79.5 Å². The van der Waals surface area contributed by atoms with Crippen molar-refractivity contribution in [3.8, 4) is 5.75 Å². The largest absolute Gasteiger partial charge is 0.492 e. The molecule has 0 radical (unpaired) electrons. The van der Waals surface area contributed by atoms with Crippen LogP contribution in [-0.2, 0) is 16.1 Å². The zero-order valence-corrected chi connectivity index (χ0v) is 11.8. The zero-order valence-electron chi connectivity index (χ0n) is 11.8. The highest BCUT2D eigenvalue weighted by molar-refractivity contribution is 5.94. The van der Waals surface area contributed by atoms with E-state index in [-0.39, 0.29) is 17.7 Å². The highest BCUT2D eigenvalue weighted by Gasteiger charge is 2.24. The van der Waals surface area contributed by atoms with E-state index in [1.165, 1.54) is 0 Å². The second-order valence-corrected chi connectivity index (χ2v) is 5.38. The van der Waals surface area contributed by atoms with Gasteiger partial charge in [-0.3, -0.25) is 9.59 Å². The fraction of sp³-hybridized carbons (Fsp3) is 0.467. The molecule has 1 fully saturated rings. The van der Waals surface area contributed by atoms with Crippen molar-refractivity contribution in [3.63, 3.8) is 0 Å². The monoisotopic (exact) mass is 289 g/mol. The number of nitrogens with one attached hydrogen (secondary N) is 3. The Morgan fingerprint density at radius 2 is 2.29 bits per heavy atom. The van der Waals surface area contributed by atoms with Crippen molar-refractivity contribution in [2.24, 2.45) is 5.92 Å². The molecule has 0 bridgehead atoms. The Morgan fingerprint density at radius 3 is 3.10 bits per heavy atom. The number of carbonyl (C=O) groups is 2. The lowest BCUT2D eigenvalue weighted by Crippen LogP contribution is -2.40. The molecule has 3 rings (SSSR count). The first-order chi connectivity index (χ1) is 10.2. The van der Waals surface area contributed by atoms with E-state index < -0.39 is 0 Å². The van der Waals surface area contributed by atoms with Gasteiger partial charge >= 0.3 is 0 Å². The summed E-state index contributed by atoms with van der Waals surface area (Å²) < 4.78 is 5.61. The third-order valence-electron chi connectivity index (χ3n) is 3.82. The summed E-state index contributed by atoms with van der Waals surface area (Å²) in [5.74, 6) is 0.684. The molecule has 0 aliphatic carbocycles. The van der Waals surface area contributed by atoms with E-state index in [1.807, 2.05) is 18.2 Å². The average Bonchev–Trinajstić information content (AvgIpc) is 2.72. The van der Waals surface area contributed by atoms with Crippen molar-refractivity contribution in [1.82, 2.24) is 10.6 Å². The van der Waals surface area contributed by atoms with Crippen LogP contribution in [0, 0.1) is 5.92 Å². The van der Waals surface area contributed by atoms with E-state index in [4.69, 9.17) is 4.74 Å². The Bertz CT molecular complexity index is 549. The van der Waals surface area contributed by atoms with E-state index in [0.717, 1.165) is 30.1 Å². The highest BCUT2D eigenvalue weighted by atomic mass is 16.5. The Balaban J connectivity index is 1.66. The smallest absolute Gasteiger partial charge is 0.229 e. The molecule has 0 aromatic heterocycles. The minimum atomic E-state index is -0.157. The molecule has 1 aromatic rings. The maximum atomic E-state index is 12.2. The van der Waals surface area contributed by atoms with E-state index in [1.54, 1.807) is 0 Å². The molecule has 1 unspecified atom stereocenters. The van der Waals surface area contributed by atoms with Crippen molar-refractivity contribution in [2.75, 3.05) is 25.0 Å². The summed E-state index contributed by atoms with van der Waals surface area (Å²) in [4.78, 5) is 23.3. The van der Waals surface area contributed by atoms with Crippen molar-refractivity contribution in [3.05, 3.63) is 23.8 Å². The van der Waals surface area contributed by atoms with E-state index in [9.17, 15) is 9.59 Å². The molecule has 21 heavy (non-hydrogen) atoms. The van der Waals surface area contributed by atoms with Crippen LogP contribution in [0.5, 0.6) is 5.75 Å². The van der Waals surface area contributed by atoms with Gasteiger partial charge in [-0.25, -0.2) is 0 Å². The summed E-state index contributed by atoms with van der Waals surface area (Å²) in [5, 5.41) is 8.92. The summed E-state index contributed by atoms with van der Waals surface area (Å²) in [6.07, 6.45) is 1.02. The quantitative estimate of drug-likeness (QED) is 0.746. The van der Waals surface area contributed by atoms with Crippen LogP contribution in [0.25, 0.3) is 0 Å². The van der Waals surface area contributed by atoms with Crippen LogP contribution in [0.15, 0.2) is 18.2 Å². The number of carbonyl (C=O) groups excluding carboxylic acids is 2. The van der Waals surface area contributed by atoms with Crippen LogP contribution in [0.1, 0.15) is 18.4 Å². The second-order valence-electron chi connectivity index (χ2n) is 5.38. The number of benzene rings is 1. The molecule has 0 saturated carbocycles. The van der Waals surface area contributed by atoms with Crippen molar-refractivity contribution < 1.29 is 14.3 Å². The normalized spacial score (nSPS) is 21.5. The lowest BCUT2D eigenvalue weighted by atomic mass is 9.98. The van der Waals surface area contributed by atoms with Gasteiger partial charge < -0.3 is 20.7 Å². The Hall–Kier alpha value is -2.08. The minimum absolute atomic E-state index is 0.0207. The molecule has 2 heterocycles. The molecule has 2 aliphatic rings. The van der Waals surface area contributed by atoms with Gasteiger partial charge in [0.05, 0.1) is 5.92 Å². The van der Waals surface area contributed by atoms with Crippen LogP contribution in [0.4, 0.5) is 5.69 Å². The van der Waals surface area contributed by atoms with Crippen LogP contribution in [-0.4, -0.2) is 31.5 Å². The Morgan fingerprint density at radius 1 is 1.38 bits per heavy atom. The third-order valence-corrected chi connectivity index (χ3v) is 3.82. The predicted octanol–water partition coefficient (Wildman–Crippen LogP) is 0.633. The number of ether oxygens (including phenoxy) is 1. The first kappa shape index (κ1) is 13.9. The molecular weight excluding hydrogens is 270 g/mol.